The molecule has 0 atom stereocenters. The molecule has 0 aliphatic carbocycles. The van der Waals surface area contributed by atoms with Gasteiger partial charge < -0.3 is 15.0 Å². The lowest BCUT2D eigenvalue weighted by molar-refractivity contribution is 0.0696. The van der Waals surface area contributed by atoms with Crippen LogP contribution in [-0.2, 0) is 11.2 Å². The van der Waals surface area contributed by atoms with Crippen LogP contribution in [0.1, 0.15) is 33.9 Å². The molecule has 27 heavy (non-hydrogen) atoms. The molecule has 140 valence electrons. The van der Waals surface area contributed by atoms with Gasteiger partial charge in [-0.3, -0.25) is 20.2 Å². The number of amidine groups is 1. The van der Waals surface area contributed by atoms with Crippen LogP contribution in [0.2, 0.25) is 0 Å². The molecule has 0 radical (unpaired) electrons. The number of thiazole rings is 1. The predicted molar refractivity (Wildman–Crippen MR) is 105 cm³/mol. The SMILES string of the molecule is C=Nc1sc(C(=O)NC2CCOCC2)nc1C(=N)N1CCc2cnccc21. The lowest BCUT2D eigenvalue weighted by Crippen LogP contribution is -2.39. The van der Waals surface area contributed by atoms with E-state index < -0.39 is 0 Å². The van der Waals surface area contributed by atoms with Gasteiger partial charge in [0.1, 0.15) is 10.7 Å². The van der Waals surface area contributed by atoms with Crippen LogP contribution in [0.4, 0.5) is 10.7 Å². The van der Waals surface area contributed by atoms with Gasteiger partial charge in [-0.25, -0.2) is 4.98 Å². The number of rotatable bonds is 4. The molecule has 2 aromatic heterocycles. The van der Waals surface area contributed by atoms with Crippen LogP contribution < -0.4 is 10.2 Å². The molecule has 1 amide bonds. The normalized spacial score (nSPS) is 16.8. The maximum Gasteiger partial charge on any atom is 0.280 e. The molecule has 2 N–H and O–H groups in total. The summed E-state index contributed by atoms with van der Waals surface area (Å²) in [7, 11) is 0. The molecule has 1 saturated heterocycles. The number of anilines is 1. The third-order valence-electron chi connectivity index (χ3n) is 4.77. The van der Waals surface area contributed by atoms with Gasteiger partial charge in [0.2, 0.25) is 0 Å². The second-order valence-electron chi connectivity index (χ2n) is 6.45. The summed E-state index contributed by atoms with van der Waals surface area (Å²) in [5.41, 5.74) is 2.44. The Morgan fingerprint density at radius 3 is 3.04 bits per heavy atom. The van der Waals surface area contributed by atoms with Crippen molar-refractivity contribution in [2.24, 2.45) is 4.99 Å². The Labute approximate surface area is 160 Å². The van der Waals surface area contributed by atoms with E-state index in [-0.39, 0.29) is 17.8 Å². The van der Waals surface area contributed by atoms with Crippen LogP contribution in [0, 0.1) is 5.41 Å². The van der Waals surface area contributed by atoms with Crippen LogP contribution in [-0.4, -0.2) is 54.2 Å². The summed E-state index contributed by atoms with van der Waals surface area (Å²) < 4.78 is 5.32. The fraction of sp³-hybridized carbons (Fsp3) is 0.389. The predicted octanol–water partition coefficient (Wildman–Crippen LogP) is 2.17. The molecule has 1 fully saturated rings. The highest BCUT2D eigenvalue weighted by Crippen LogP contribution is 2.33. The van der Waals surface area contributed by atoms with Gasteiger partial charge >= 0.3 is 0 Å². The van der Waals surface area contributed by atoms with Crippen molar-refractivity contribution in [2.75, 3.05) is 24.7 Å². The summed E-state index contributed by atoms with van der Waals surface area (Å²) in [6.07, 6.45) is 5.95. The summed E-state index contributed by atoms with van der Waals surface area (Å²) in [6, 6.07) is 1.99. The minimum atomic E-state index is -0.234. The largest absolute Gasteiger partial charge is 0.381 e. The molecule has 2 aliphatic heterocycles. The number of ether oxygens (including phenoxy) is 1. The van der Waals surface area contributed by atoms with E-state index in [9.17, 15) is 4.79 Å². The lowest BCUT2D eigenvalue weighted by Gasteiger charge is -2.22. The molecule has 0 bridgehead atoms. The topological polar surface area (TPSA) is 104 Å². The van der Waals surface area contributed by atoms with Gasteiger partial charge in [-0.15, -0.1) is 0 Å². The zero-order valence-corrected chi connectivity index (χ0v) is 15.6. The molecule has 0 aromatic carbocycles. The Morgan fingerprint density at radius 1 is 1.44 bits per heavy atom. The minimum absolute atomic E-state index is 0.0937. The smallest absolute Gasteiger partial charge is 0.280 e. The Morgan fingerprint density at radius 2 is 2.26 bits per heavy atom. The van der Waals surface area contributed by atoms with Crippen molar-refractivity contribution in [1.82, 2.24) is 15.3 Å². The van der Waals surface area contributed by atoms with E-state index in [4.69, 9.17) is 10.1 Å². The average molecular weight is 384 g/mol. The summed E-state index contributed by atoms with van der Waals surface area (Å²) in [5.74, 6) is -0.00871. The number of fused-ring (bicyclic) bond motifs is 1. The summed E-state index contributed by atoms with van der Waals surface area (Å²) in [6.45, 7) is 5.57. The van der Waals surface area contributed by atoms with Gasteiger partial charge in [0, 0.05) is 43.9 Å². The van der Waals surface area contributed by atoms with Gasteiger partial charge in [-0.2, -0.15) is 0 Å². The monoisotopic (exact) mass is 384 g/mol. The number of nitrogens with one attached hydrogen (secondary N) is 2. The first-order valence-electron chi connectivity index (χ1n) is 8.83. The van der Waals surface area contributed by atoms with Gasteiger partial charge in [0.25, 0.3) is 5.91 Å². The maximum absolute atomic E-state index is 12.6. The molecule has 0 saturated carbocycles. The number of aliphatic imine (C=N–C) groups is 1. The van der Waals surface area contributed by atoms with E-state index in [0.717, 1.165) is 41.9 Å². The molecule has 4 rings (SSSR count). The zero-order valence-electron chi connectivity index (χ0n) is 14.8. The number of nitrogens with zero attached hydrogens (tertiary/aromatic N) is 4. The lowest BCUT2D eigenvalue weighted by atomic mass is 10.1. The second-order valence-corrected chi connectivity index (χ2v) is 7.42. The summed E-state index contributed by atoms with van der Waals surface area (Å²) in [5, 5.41) is 12.4. The number of carbonyl (C=O) groups is 1. The Kier molecular flexibility index (Phi) is 4.95. The Hall–Kier alpha value is -2.65. The van der Waals surface area contributed by atoms with Crippen LogP contribution in [0.5, 0.6) is 0 Å². The van der Waals surface area contributed by atoms with Crippen LogP contribution in [0.25, 0.3) is 0 Å². The molecule has 2 aromatic rings. The van der Waals surface area contributed by atoms with Crippen molar-refractivity contribution in [3.05, 3.63) is 34.7 Å². The molecule has 0 spiro atoms. The fourth-order valence-electron chi connectivity index (χ4n) is 3.35. The van der Waals surface area contributed by atoms with Gasteiger partial charge in [0.05, 0.1) is 0 Å². The molecular weight excluding hydrogens is 364 g/mol. The summed E-state index contributed by atoms with van der Waals surface area (Å²) in [4.78, 5) is 27.0. The molecule has 8 nitrogen and oxygen atoms in total. The second kappa shape index (κ2) is 7.53. The highest BCUT2D eigenvalue weighted by atomic mass is 32.1. The summed E-state index contributed by atoms with van der Waals surface area (Å²) >= 11 is 1.16. The van der Waals surface area contributed by atoms with Crippen molar-refractivity contribution in [2.45, 2.75) is 25.3 Å². The number of hydrogen-bond donors (Lipinski definition) is 2. The molecule has 2 aliphatic rings. The standard InChI is InChI=1S/C18H20N6O2S/c1-20-17-14(15(19)24-7-3-11-10-21-6-2-13(11)24)23-18(27-17)16(25)22-12-4-8-26-9-5-12/h2,6,10,12,19H,1,3-5,7-9H2,(H,22,25). The average Bonchev–Trinajstić information content (AvgIpc) is 3.33. The highest BCUT2D eigenvalue weighted by molar-refractivity contribution is 7.17. The zero-order chi connectivity index (χ0) is 18.8. The quantitative estimate of drug-likeness (QED) is 0.621. The first kappa shape index (κ1) is 17.7. The van der Waals surface area contributed by atoms with Gasteiger partial charge in [-0.05, 0) is 37.6 Å². The van der Waals surface area contributed by atoms with Gasteiger partial charge in [0.15, 0.2) is 10.8 Å². The van der Waals surface area contributed by atoms with E-state index in [1.54, 1.807) is 6.20 Å². The highest BCUT2D eigenvalue weighted by Gasteiger charge is 2.28. The Bertz CT molecular complexity index is 890. The minimum Gasteiger partial charge on any atom is -0.381 e. The van der Waals surface area contributed by atoms with Crippen molar-refractivity contribution < 1.29 is 9.53 Å². The van der Waals surface area contributed by atoms with E-state index in [0.29, 0.717) is 35.5 Å². The van der Waals surface area contributed by atoms with Crippen molar-refractivity contribution in [1.29, 1.82) is 5.41 Å². The molecule has 4 heterocycles. The van der Waals surface area contributed by atoms with Crippen LogP contribution in [0.3, 0.4) is 0 Å². The first-order valence-corrected chi connectivity index (χ1v) is 9.64. The van der Waals surface area contributed by atoms with E-state index >= 15 is 0 Å². The van der Waals surface area contributed by atoms with Crippen molar-refractivity contribution in [3.8, 4) is 0 Å². The number of aromatic nitrogens is 2. The first-order chi connectivity index (χ1) is 13.2. The Balaban J connectivity index is 1.55. The van der Waals surface area contributed by atoms with Crippen LogP contribution >= 0.6 is 11.3 Å². The fourth-order valence-corrected chi connectivity index (χ4v) is 4.12. The molecular formula is C18H20N6O2S. The number of amides is 1. The number of pyridine rings is 1. The third kappa shape index (κ3) is 3.47. The van der Waals surface area contributed by atoms with E-state index in [2.05, 4.69) is 27.0 Å². The van der Waals surface area contributed by atoms with E-state index in [1.165, 1.54) is 0 Å². The molecule has 0 unspecified atom stereocenters. The van der Waals surface area contributed by atoms with E-state index in [1.807, 2.05) is 17.2 Å². The number of carbonyl (C=O) groups excluding carboxylic acids is 1. The number of hydrogen-bond acceptors (Lipinski definition) is 7. The molecule has 9 heteroatoms. The van der Waals surface area contributed by atoms with Crippen LogP contribution in [0.15, 0.2) is 23.5 Å². The van der Waals surface area contributed by atoms with Crippen molar-refractivity contribution >= 4 is 40.5 Å². The maximum atomic E-state index is 12.6. The van der Waals surface area contributed by atoms with Crippen molar-refractivity contribution in [3.63, 3.8) is 0 Å². The van der Waals surface area contributed by atoms with Gasteiger partial charge in [-0.1, -0.05) is 11.3 Å². The third-order valence-corrected chi connectivity index (χ3v) is 5.76.